The van der Waals surface area contributed by atoms with E-state index in [2.05, 4.69) is 26.5 Å². The van der Waals surface area contributed by atoms with E-state index >= 15 is 0 Å². The summed E-state index contributed by atoms with van der Waals surface area (Å²) < 4.78 is 0. The Hall–Kier alpha value is -2.62. The maximum Gasteiger partial charge on any atom is 0.243 e. The van der Waals surface area contributed by atoms with Gasteiger partial charge in [0.1, 0.15) is 6.04 Å². The number of hydrogen-bond donors (Lipinski definition) is 2. The highest BCUT2D eigenvalue weighted by Crippen LogP contribution is 2.40. The van der Waals surface area contributed by atoms with E-state index in [0.717, 1.165) is 62.6 Å². The van der Waals surface area contributed by atoms with Crippen molar-refractivity contribution in [3.8, 4) is 0 Å². The first-order valence-corrected chi connectivity index (χ1v) is 11.4. The maximum atomic E-state index is 12.6. The third-order valence-electron chi connectivity index (χ3n) is 7.15. The molecule has 9 nitrogen and oxygen atoms in total. The summed E-state index contributed by atoms with van der Waals surface area (Å²) in [5, 5.41) is 5.74. The topological polar surface area (TPSA) is 102 Å². The first kappa shape index (κ1) is 21.2. The first-order valence-electron chi connectivity index (χ1n) is 11.4. The van der Waals surface area contributed by atoms with Gasteiger partial charge < -0.3 is 15.1 Å². The number of Topliss-reactive ketones (excluding diaryl/α,β-unsaturated/α-hetero) is 1. The van der Waals surface area contributed by atoms with Gasteiger partial charge in [-0.15, -0.1) is 0 Å². The fraction of sp³-hybridized carbons (Fsp3) is 0.565. The molecule has 0 bridgehead atoms. The predicted octanol–water partition coefficient (Wildman–Crippen LogP) is -0.542. The summed E-state index contributed by atoms with van der Waals surface area (Å²) in [6, 6.07) is 4.71. The molecule has 0 spiro atoms. The van der Waals surface area contributed by atoms with Gasteiger partial charge in [0.15, 0.2) is 6.29 Å². The van der Waals surface area contributed by atoms with Crippen molar-refractivity contribution in [2.24, 2.45) is 5.92 Å². The fourth-order valence-corrected chi connectivity index (χ4v) is 5.47. The third kappa shape index (κ3) is 3.96. The number of imide groups is 1. The number of nitrogens with zero attached hydrogens (tertiary/aromatic N) is 3. The molecular formula is C23H29N5O4. The molecule has 2 unspecified atom stereocenters. The number of piperazine rings is 1. The first-order chi connectivity index (χ1) is 15.5. The number of fused-ring (bicyclic) bond motifs is 1. The van der Waals surface area contributed by atoms with Gasteiger partial charge in [-0.1, -0.05) is 6.07 Å². The quantitative estimate of drug-likeness (QED) is 0.346. The van der Waals surface area contributed by atoms with Gasteiger partial charge in [-0.05, 0) is 29.7 Å². The van der Waals surface area contributed by atoms with Gasteiger partial charge in [0, 0.05) is 70.4 Å². The van der Waals surface area contributed by atoms with E-state index in [4.69, 9.17) is 0 Å². The Bertz CT molecular complexity index is 938. The number of piperidine rings is 1. The Labute approximate surface area is 187 Å². The van der Waals surface area contributed by atoms with Crippen LogP contribution in [0, 0.1) is 5.92 Å². The lowest BCUT2D eigenvalue weighted by molar-refractivity contribution is -0.141. The van der Waals surface area contributed by atoms with Crippen molar-refractivity contribution in [3.63, 3.8) is 0 Å². The normalized spacial score (nSPS) is 27.1. The molecule has 2 atom stereocenters. The minimum atomic E-state index is -0.774. The van der Waals surface area contributed by atoms with E-state index in [1.54, 1.807) is 4.90 Å². The molecule has 5 rings (SSSR count). The van der Waals surface area contributed by atoms with Crippen LogP contribution in [0.15, 0.2) is 18.2 Å². The smallest absolute Gasteiger partial charge is 0.243 e. The minimum Gasteiger partial charge on any atom is -0.371 e. The van der Waals surface area contributed by atoms with Crippen LogP contribution in [0.25, 0.3) is 0 Å². The van der Waals surface area contributed by atoms with Gasteiger partial charge in [-0.3, -0.25) is 29.4 Å². The SMILES string of the molecule is O=CC(=O)C1c2cc(N3CC(CN4CCNCC4)C3)ccc2CN1C1CCC(=O)NC1=O. The lowest BCUT2D eigenvalue weighted by atomic mass is 9.95. The second-order valence-corrected chi connectivity index (χ2v) is 9.27. The third-order valence-corrected chi connectivity index (χ3v) is 7.15. The molecule has 0 saturated carbocycles. The molecule has 32 heavy (non-hydrogen) atoms. The lowest BCUT2D eigenvalue weighted by Gasteiger charge is -2.44. The zero-order valence-corrected chi connectivity index (χ0v) is 18.1. The van der Waals surface area contributed by atoms with Crippen molar-refractivity contribution in [2.45, 2.75) is 31.5 Å². The second kappa shape index (κ2) is 8.73. The van der Waals surface area contributed by atoms with Crippen molar-refractivity contribution in [1.29, 1.82) is 0 Å². The Morgan fingerprint density at radius 2 is 1.94 bits per heavy atom. The number of aldehydes is 1. The number of nitrogens with one attached hydrogen (secondary N) is 2. The lowest BCUT2D eigenvalue weighted by Crippen LogP contribution is -2.54. The molecule has 0 aromatic heterocycles. The molecular weight excluding hydrogens is 410 g/mol. The van der Waals surface area contributed by atoms with Crippen LogP contribution in [0.3, 0.4) is 0 Å². The van der Waals surface area contributed by atoms with E-state index in [1.807, 2.05) is 12.1 Å². The van der Waals surface area contributed by atoms with E-state index in [1.165, 1.54) is 0 Å². The second-order valence-electron chi connectivity index (χ2n) is 9.27. The van der Waals surface area contributed by atoms with E-state index < -0.39 is 23.8 Å². The highest BCUT2D eigenvalue weighted by molar-refractivity contribution is 6.27. The molecule has 1 aromatic rings. The largest absolute Gasteiger partial charge is 0.371 e. The van der Waals surface area contributed by atoms with E-state index in [9.17, 15) is 19.2 Å². The zero-order valence-electron chi connectivity index (χ0n) is 18.1. The molecule has 1 aromatic carbocycles. The number of carbonyl (C=O) groups is 4. The van der Waals surface area contributed by atoms with Crippen LogP contribution in [-0.4, -0.2) is 85.5 Å². The number of ketones is 1. The number of amides is 2. The van der Waals surface area contributed by atoms with Crippen LogP contribution < -0.4 is 15.5 Å². The highest BCUT2D eigenvalue weighted by atomic mass is 16.2. The number of anilines is 1. The van der Waals surface area contributed by atoms with Gasteiger partial charge in [-0.2, -0.15) is 0 Å². The van der Waals surface area contributed by atoms with Crippen molar-refractivity contribution in [2.75, 3.05) is 50.7 Å². The molecule has 170 valence electrons. The van der Waals surface area contributed by atoms with E-state index in [0.29, 0.717) is 25.2 Å². The number of rotatable bonds is 6. The number of carbonyl (C=O) groups excluding carboxylic acids is 4. The van der Waals surface area contributed by atoms with Gasteiger partial charge >= 0.3 is 0 Å². The van der Waals surface area contributed by atoms with Crippen LogP contribution in [0.4, 0.5) is 5.69 Å². The van der Waals surface area contributed by atoms with Crippen molar-refractivity contribution in [3.05, 3.63) is 29.3 Å². The highest BCUT2D eigenvalue weighted by Gasteiger charge is 2.43. The van der Waals surface area contributed by atoms with Crippen LogP contribution in [-0.2, 0) is 25.7 Å². The molecule has 4 aliphatic heterocycles. The minimum absolute atomic E-state index is 0.235. The van der Waals surface area contributed by atoms with Crippen molar-refractivity contribution in [1.82, 2.24) is 20.4 Å². The fourth-order valence-electron chi connectivity index (χ4n) is 5.47. The summed E-state index contributed by atoms with van der Waals surface area (Å²) in [6.45, 7) is 7.78. The van der Waals surface area contributed by atoms with Gasteiger partial charge in [0.25, 0.3) is 0 Å². The molecule has 9 heteroatoms. The van der Waals surface area contributed by atoms with Crippen LogP contribution in [0.2, 0.25) is 0 Å². The summed E-state index contributed by atoms with van der Waals surface area (Å²) in [4.78, 5) is 54.6. The zero-order chi connectivity index (χ0) is 22.2. The molecule has 0 aliphatic carbocycles. The molecule has 2 amide bonds. The average Bonchev–Trinajstić information content (AvgIpc) is 3.14. The monoisotopic (exact) mass is 439 g/mol. The summed E-state index contributed by atoms with van der Waals surface area (Å²) in [7, 11) is 0. The molecule has 3 saturated heterocycles. The van der Waals surface area contributed by atoms with Crippen molar-refractivity contribution >= 4 is 29.6 Å². The van der Waals surface area contributed by atoms with Gasteiger partial charge in [0.2, 0.25) is 17.6 Å². The van der Waals surface area contributed by atoms with Crippen LogP contribution >= 0.6 is 0 Å². The van der Waals surface area contributed by atoms with Crippen molar-refractivity contribution < 1.29 is 19.2 Å². The Kier molecular flexibility index (Phi) is 5.79. The number of benzene rings is 1. The molecule has 4 aliphatic rings. The molecule has 4 heterocycles. The van der Waals surface area contributed by atoms with Crippen LogP contribution in [0.5, 0.6) is 0 Å². The number of hydrogen-bond acceptors (Lipinski definition) is 8. The summed E-state index contributed by atoms with van der Waals surface area (Å²) in [6.07, 6.45) is 0.936. The van der Waals surface area contributed by atoms with Gasteiger partial charge in [-0.25, -0.2) is 0 Å². The maximum absolute atomic E-state index is 12.6. The molecule has 2 N–H and O–H groups in total. The summed E-state index contributed by atoms with van der Waals surface area (Å²) in [5.41, 5.74) is 2.81. The van der Waals surface area contributed by atoms with Crippen LogP contribution in [0.1, 0.15) is 30.0 Å². The average molecular weight is 440 g/mol. The van der Waals surface area contributed by atoms with E-state index in [-0.39, 0.29) is 12.3 Å². The summed E-state index contributed by atoms with van der Waals surface area (Å²) >= 11 is 0. The molecule has 3 fully saturated rings. The Morgan fingerprint density at radius 1 is 1.16 bits per heavy atom. The predicted molar refractivity (Wildman–Crippen MR) is 117 cm³/mol. The van der Waals surface area contributed by atoms with Gasteiger partial charge in [0.05, 0.1) is 6.04 Å². The Balaban J connectivity index is 1.30. The molecule has 0 radical (unpaired) electrons. The standard InChI is InChI=1S/C23H29N5O4/c29-14-20(30)22-18-9-17(27-11-15(12-27)10-26-7-5-24-6-8-26)2-1-16(18)13-28(22)19-3-4-21(31)25-23(19)32/h1-2,9,14-15,19,22,24H,3-8,10-13H2,(H,25,31,32). The summed E-state index contributed by atoms with van der Waals surface area (Å²) in [5.74, 6) is -0.604. The Morgan fingerprint density at radius 3 is 2.66 bits per heavy atom.